The molecule has 9 heteroatoms. The average molecular weight is 432 g/mol. The van der Waals surface area contributed by atoms with E-state index in [-0.39, 0.29) is 17.8 Å². The molecule has 1 heterocycles. The number of nitrogens with zero attached hydrogens (tertiary/aromatic N) is 3. The fourth-order valence-corrected chi connectivity index (χ4v) is 2.71. The Morgan fingerprint density at radius 1 is 1.10 bits per heavy atom. The van der Waals surface area contributed by atoms with Crippen molar-refractivity contribution in [1.29, 1.82) is 0 Å². The Labute approximate surface area is 178 Å². The summed E-state index contributed by atoms with van der Waals surface area (Å²) in [7, 11) is 0. The number of halogens is 3. The number of benzene rings is 2. The predicted octanol–water partition coefficient (Wildman–Crippen LogP) is 5.34. The highest BCUT2D eigenvalue weighted by molar-refractivity contribution is 5.90. The van der Waals surface area contributed by atoms with E-state index in [4.69, 9.17) is 4.74 Å². The zero-order valence-electron chi connectivity index (χ0n) is 17.4. The second-order valence-electron chi connectivity index (χ2n) is 7.36. The molecule has 0 radical (unpaired) electrons. The van der Waals surface area contributed by atoms with E-state index in [1.807, 2.05) is 13.8 Å². The first-order chi connectivity index (χ1) is 14.7. The number of aromatic nitrogens is 3. The first-order valence-corrected chi connectivity index (χ1v) is 9.85. The fourth-order valence-electron chi connectivity index (χ4n) is 2.71. The minimum atomic E-state index is -4.42. The van der Waals surface area contributed by atoms with Gasteiger partial charge in [0.2, 0.25) is 5.91 Å². The standard InChI is InChI=1S/C22H23F3N4O2/c1-4-19(30)26-17-9-11-18(12-10-17)29-20(27-21(28-29)31-13-14(2)3)15-5-7-16(8-6-15)22(23,24)25/h5-12,14H,4,13H2,1-3H3,(H,26,30). The van der Waals surface area contributed by atoms with Crippen molar-refractivity contribution in [3.63, 3.8) is 0 Å². The lowest BCUT2D eigenvalue weighted by molar-refractivity contribution is -0.137. The van der Waals surface area contributed by atoms with Gasteiger partial charge in [-0.2, -0.15) is 18.2 Å². The van der Waals surface area contributed by atoms with Crippen LogP contribution in [0, 0.1) is 5.92 Å². The molecule has 2 aromatic carbocycles. The second kappa shape index (κ2) is 9.20. The number of nitrogens with one attached hydrogen (secondary N) is 1. The molecule has 164 valence electrons. The molecular formula is C22H23F3N4O2. The summed E-state index contributed by atoms with van der Waals surface area (Å²) >= 11 is 0. The van der Waals surface area contributed by atoms with Crippen LogP contribution < -0.4 is 10.1 Å². The van der Waals surface area contributed by atoms with E-state index in [0.717, 1.165) is 12.1 Å². The molecule has 0 unspecified atom stereocenters. The molecule has 0 bridgehead atoms. The van der Waals surface area contributed by atoms with Crippen LogP contribution in [-0.4, -0.2) is 27.3 Å². The summed E-state index contributed by atoms with van der Waals surface area (Å²) in [6, 6.07) is 11.8. The summed E-state index contributed by atoms with van der Waals surface area (Å²) in [6.45, 7) is 6.13. The van der Waals surface area contributed by atoms with Crippen molar-refractivity contribution in [3.05, 3.63) is 54.1 Å². The van der Waals surface area contributed by atoms with Crippen molar-refractivity contribution >= 4 is 11.6 Å². The van der Waals surface area contributed by atoms with Crippen LogP contribution in [0.2, 0.25) is 0 Å². The Morgan fingerprint density at radius 2 is 1.74 bits per heavy atom. The van der Waals surface area contributed by atoms with Gasteiger partial charge in [0.1, 0.15) is 0 Å². The highest BCUT2D eigenvalue weighted by Gasteiger charge is 2.30. The molecule has 0 atom stereocenters. The van der Waals surface area contributed by atoms with Crippen LogP contribution in [0.15, 0.2) is 48.5 Å². The van der Waals surface area contributed by atoms with Crippen molar-refractivity contribution < 1.29 is 22.7 Å². The summed E-state index contributed by atoms with van der Waals surface area (Å²) < 4.78 is 45.9. The third kappa shape index (κ3) is 5.62. The number of amides is 1. The maximum absolute atomic E-state index is 12.9. The molecule has 6 nitrogen and oxygen atoms in total. The van der Waals surface area contributed by atoms with E-state index in [9.17, 15) is 18.0 Å². The number of anilines is 1. The van der Waals surface area contributed by atoms with Crippen LogP contribution in [-0.2, 0) is 11.0 Å². The number of carbonyl (C=O) groups excluding carboxylic acids is 1. The van der Waals surface area contributed by atoms with Crippen LogP contribution in [0.25, 0.3) is 17.1 Å². The highest BCUT2D eigenvalue weighted by atomic mass is 19.4. The van der Waals surface area contributed by atoms with Crippen LogP contribution in [0.3, 0.4) is 0 Å². The Morgan fingerprint density at radius 3 is 2.29 bits per heavy atom. The van der Waals surface area contributed by atoms with Gasteiger partial charge in [-0.25, -0.2) is 4.68 Å². The first-order valence-electron chi connectivity index (χ1n) is 9.85. The molecule has 0 aliphatic heterocycles. The van der Waals surface area contributed by atoms with Crippen LogP contribution in [0.5, 0.6) is 6.01 Å². The zero-order valence-corrected chi connectivity index (χ0v) is 17.4. The topological polar surface area (TPSA) is 69.0 Å². The molecule has 1 N–H and O–H groups in total. The molecule has 31 heavy (non-hydrogen) atoms. The van der Waals surface area contributed by atoms with Crippen molar-refractivity contribution in [2.75, 3.05) is 11.9 Å². The van der Waals surface area contributed by atoms with Gasteiger partial charge in [-0.15, -0.1) is 5.10 Å². The molecule has 0 aliphatic rings. The smallest absolute Gasteiger partial charge is 0.416 e. The minimum absolute atomic E-state index is 0.108. The molecule has 1 amide bonds. The van der Waals surface area contributed by atoms with E-state index in [1.165, 1.54) is 16.8 Å². The molecule has 0 fully saturated rings. The first kappa shape index (κ1) is 22.3. The number of hydrogen-bond acceptors (Lipinski definition) is 4. The monoisotopic (exact) mass is 432 g/mol. The normalized spacial score (nSPS) is 11.6. The second-order valence-corrected chi connectivity index (χ2v) is 7.36. The van der Waals surface area contributed by atoms with Gasteiger partial charge >= 0.3 is 12.2 Å². The fraction of sp³-hybridized carbons (Fsp3) is 0.318. The Balaban J connectivity index is 1.97. The Bertz CT molecular complexity index is 1030. The Hall–Kier alpha value is -3.36. The SMILES string of the molecule is CCC(=O)Nc1ccc(-n2nc(OCC(C)C)nc2-c2ccc(C(F)(F)F)cc2)cc1. The van der Waals surface area contributed by atoms with Gasteiger partial charge in [-0.05, 0) is 42.3 Å². The van der Waals surface area contributed by atoms with Gasteiger partial charge in [0.15, 0.2) is 5.82 Å². The summed E-state index contributed by atoms with van der Waals surface area (Å²) in [4.78, 5) is 16.0. The van der Waals surface area contributed by atoms with Crippen LogP contribution in [0.1, 0.15) is 32.8 Å². The third-order valence-corrected chi connectivity index (χ3v) is 4.32. The lowest BCUT2D eigenvalue weighted by Gasteiger charge is -2.09. The zero-order chi connectivity index (χ0) is 22.6. The lowest BCUT2D eigenvalue weighted by Crippen LogP contribution is -2.09. The van der Waals surface area contributed by atoms with Crippen LogP contribution in [0.4, 0.5) is 18.9 Å². The molecule has 0 saturated carbocycles. The number of carbonyl (C=O) groups is 1. The van der Waals surface area contributed by atoms with E-state index in [2.05, 4.69) is 15.4 Å². The molecule has 1 aromatic heterocycles. The molecule has 0 aliphatic carbocycles. The van der Waals surface area contributed by atoms with Gasteiger partial charge in [-0.3, -0.25) is 4.79 Å². The summed E-state index contributed by atoms with van der Waals surface area (Å²) in [5.74, 6) is 0.490. The molecular weight excluding hydrogens is 409 g/mol. The quantitative estimate of drug-likeness (QED) is 0.547. The molecule has 3 rings (SSSR count). The molecule has 0 saturated heterocycles. The summed E-state index contributed by atoms with van der Waals surface area (Å²) in [5, 5.41) is 7.14. The van der Waals surface area contributed by atoms with Crippen molar-refractivity contribution in [3.8, 4) is 23.1 Å². The minimum Gasteiger partial charge on any atom is -0.462 e. The highest BCUT2D eigenvalue weighted by Crippen LogP contribution is 2.31. The van der Waals surface area contributed by atoms with Gasteiger partial charge < -0.3 is 10.1 Å². The van der Waals surface area contributed by atoms with E-state index in [1.54, 1.807) is 31.2 Å². The maximum Gasteiger partial charge on any atom is 0.416 e. The number of alkyl halides is 3. The van der Waals surface area contributed by atoms with Gasteiger partial charge in [0.25, 0.3) is 0 Å². The number of ether oxygens (including phenoxy) is 1. The van der Waals surface area contributed by atoms with Gasteiger partial charge in [-0.1, -0.05) is 32.9 Å². The largest absolute Gasteiger partial charge is 0.462 e. The molecule has 0 spiro atoms. The van der Waals surface area contributed by atoms with E-state index < -0.39 is 11.7 Å². The average Bonchev–Trinajstić information content (AvgIpc) is 3.16. The number of hydrogen-bond donors (Lipinski definition) is 1. The van der Waals surface area contributed by atoms with Crippen molar-refractivity contribution in [2.45, 2.75) is 33.4 Å². The predicted molar refractivity (Wildman–Crippen MR) is 111 cm³/mol. The van der Waals surface area contributed by atoms with E-state index in [0.29, 0.717) is 35.8 Å². The van der Waals surface area contributed by atoms with Crippen LogP contribution >= 0.6 is 0 Å². The van der Waals surface area contributed by atoms with E-state index >= 15 is 0 Å². The van der Waals surface area contributed by atoms with Gasteiger partial charge in [0.05, 0.1) is 17.9 Å². The van der Waals surface area contributed by atoms with Crippen molar-refractivity contribution in [2.24, 2.45) is 5.92 Å². The number of rotatable bonds is 7. The third-order valence-electron chi connectivity index (χ3n) is 4.32. The summed E-state index contributed by atoms with van der Waals surface area (Å²) in [5.41, 5.74) is 0.970. The van der Waals surface area contributed by atoms with Gasteiger partial charge in [0, 0.05) is 17.7 Å². The lowest BCUT2D eigenvalue weighted by atomic mass is 10.1. The van der Waals surface area contributed by atoms with Crippen molar-refractivity contribution in [1.82, 2.24) is 14.8 Å². The molecule has 3 aromatic rings. The summed E-state index contributed by atoms with van der Waals surface area (Å²) in [6.07, 6.45) is -4.06. The Kier molecular flexibility index (Phi) is 6.62. The maximum atomic E-state index is 12.9.